The van der Waals surface area contributed by atoms with Crippen LogP contribution < -0.4 is 10.6 Å². The Labute approximate surface area is 104 Å². The van der Waals surface area contributed by atoms with Crippen molar-refractivity contribution in [2.45, 2.75) is 51.7 Å². The lowest BCUT2D eigenvalue weighted by Crippen LogP contribution is -2.53. The second-order valence-corrected chi connectivity index (χ2v) is 5.44. The van der Waals surface area contributed by atoms with Gasteiger partial charge in [0.1, 0.15) is 5.60 Å². The van der Waals surface area contributed by atoms with Gasteiger partial charge in [0, 0.05) is 5.54 Å². The van der Waals surface area contributed by atoms with Crippen molar-refractivity contribution in [3.63, 3.8) is 0 Å². The highest BCUT2D eigenvalue weighted by atomic mass is 35.5. The molecule has 0 radical (unpaired) electrons. The Kier molecular flexibility index (Phi) is 5.56. The van der Waals surface area contributed by atoms with E-state index in [1.165, 1.54) is 0 Å². The standard InChI is InChI=1S/C11H22N2O2.ClH/c1-10(2,3)15-9(14)13-11(4)5-7-12-8-6-11;/h12H,5-8H2,1-4H3,(H,13,14);1H. The molecule has 0 aromatic carbocycles. The zero-order chi connectivity index (χ0) is 11.5. The number of carbonyl (C=O) groups excluding carboxylic acids is 1. The molecule has 0 aliphatic carbocycles. The summed E-state index contributed by atoms with van der Waals surface area (Å²) in [6.07, 6.45) is 1.59. The van der Waals surface area contributed by atoms with Crippen molar-refractivity contribution in [2.24, 2.45) is 0 Å². The highest BCUT2D eigenvalue weighted by Gasteiger charge is 2.30. The van der Waals surface area contributed by atoms with Crippen LogP contribution in [0.3, 0.4) is 0 Å². The first kappa shape index (κ1) is 15.5. The Bertz CT molecular complexity index is 233. The molecule has 0 bridgehead atoms. The molecule has 4 nitrogen and oxygen atoms in total. The summed E-state index contributed by atoms with van der Waals surface area (Å²) in [5.74, 6) is 0. The molecule has 96 valence electrons. The molecule has 16 heavy (non-hydrogen) atoms. The van der Waals surface area contributed by atoms with E-state index < -0.39 is 5.60 Å². The van der Waals surface area contributed by atoms with Crippen LogP contribution in [0.4, 0.5) is 4.79 Å². The van der Waals surface area contributed by atoms with Gasteiger partial charge in [-0.15, -0.1) is 12.4 Å². The molecule has 1 aliphatic rings. The zero-order valence-electron chi connectivity index (χ0n) is 10.6. The summed E-state index contributed by atoms with van der Waals surface area (Å²) in [7, 11) is 0. The summed E-state index contributed by atoms with van der Waals surface area (Å²) in [6, 6.07) is 0. The van der Waals surface area contributed by atoms with Crippen molar-refractivity contribution < 1.29 is 9.53 Å². The maximum Gasteiger partial charge on any atom is 0.408 e. The number of piperidine rings is 1. The fraction of sp³-hybridized carbons (Fsp3) is 0.909. The van der Waals surface area contributed by atoms with Crippen molar-refractivity contribution in [3.8, 4) is 0 Å². The molecule has 2 N–H and O–H groups in total. The van der Waals surface area contributed by atoms with E-state index in [9.17, 15) is 4.79 Å². The monoisotopic (exact) mass is 250 g/mol. The topological polar surface area (TPSA) is 50.4 Å². The van der Waals surface area contributed by atoms with E-state index in [0.29, 0.717) is 0 Å². The average Bonchev–Trinajstić information content (AvgIpc) is 1.99. The first-order valence-corrected chi connectivity index (χ1v) is 5.53. The molecule has 0 spiro atoms. The van der Waals surface area contributed by atoms with Crippen LogP contribution in [-0.4, -0.2) is 30.3 Å². The van der Waals surface area contributed by atoms with Crippen molar-refractivity contribution in [1.29, 1.82) is 0 Å². The Balaban J connectivity index is 0.00000225. The van der Waals surface area contributed by atoms with Crippen LogP contribution >= 0.6 is 12.4 Å². The van der Waals surface area contributed by atoms with Gasteiger partial charge in [-0.25, -0.2) is 4.79 Å². The minimum atomic E-state index is -0.423. The molecular weight excluding hydrogens is 228 g/mol. The van der Waals surface area contributed by atoms with Crippen LogP contribution in [0, 0.1) is 0 Å². The normalized spacial score (nSPS) is 19.5. The predicted molar refractivity (Wildman–Crippen MR) is 67.1 cm³/mol. The van der Waals surface area contributed by atoms with Crippen LogP contribution in [-0.2, 0) is 4.74 Å². The number of hydrogen-bond acceptors (Lipinski definition) is 3. The summed E-state index contributed by atoms with van der Waals surface area (Å²) in [6.45, 7) is 9.59. The Morgan fingerprint density at radius 3 is 2.25 bits per heavy atom. The van der Waals surface area contributed by atoms with E-state index in [4.69, 9.17) is 4.74 Å². The van der Waals surface area contributed by atoms with E-state index in [1.807, 2.05) is 20.8 Å². The van der Waals surface area contributed by atoms with Gasteiger partial charge in [-0.3, -0.25) is 0 Å². The lowest BCUT2D eigenvalue weighted by molar-refractivity contribution is 0.0444. The highest BCUT2D eigenvalue weighted by Crippen LogP contribution is 2.18. The summed E-state index contributed by atoms with van der Waals surface area (Å²) in [5.41, 5.74) is -0.541. The van der Waals surface area contributed by atoms with Crippen LogP contribution in [0.25, 0.3) is 0 Å². The largest absolute Gasteiger partial charge is 0.444 e. The van der Waals surface area contributed by atoms with Crippen LogP contribution in [0.1, 0.15) is 40.5 Å². The maximum absolute atomic E-state index is 11.6. The smallest absolute Gasteiger partial charge is 0.408 e. The van der Waals surface area contributed by atoms with Gasteiger partial charge in [-0.05, 0) is 53.6 Å². The summed E-state index contributed by atoms with van der Waals surface area (Å²) >= 11 is 0. The molecule has 1 heterocycles. The Hall–Kier alpha value is -0.480. The SMILES string of the molecule is CC1(NC(=O)OC(C)(C)C)CCNCC1.Cl. The van der Waals surface area contributed by atoms with E-state index in [2.05, 4.69) is 17.6 Å². The number of nitrogens with one attached hydrogen (secondary N) is 2. The second kappa shape index (κ2) is 5.73. The van der Waals surface area contributed by atoms with Gasteiger partial charge in [0.2, 0.25) is 0 Å². The zero-order valence-corrected chi connectivity index (χ0v) is 11.4. The van der Waals surface area contributed by atoms with Crippen molar-refractivity contribution in [3.05, 3.63) is 0 Å². The Morgan fingerprint density at radius 1 is 1.31 bits per heavy atom. The van der Waals surface area contributed by atoms with Crippen molar-refractivity contribution in [2.75, 3.05) is 13.1 Å². The third-order valence-electron chi connectivity index (χ3n) is 2.51. The van der Waals surface area contributed by atoms with Gasteiger partial charge in [-0.2, -0.15) is 0 Å². The lowest BCUT2D eigenvalue weighted by Gasteiger charge is -2.35. The number of rotatable bonds is 1. The lowest BCUT2D eigenvalue weighted by atomic mass is 9.91. The fourth-order valence-corrected chi connectivity index (χ4v) is 1.65. The number of ether oxygens (including phenoxy) is 1. The van der Waals surface area contributed by atoms with Crippen LogP contribution in [0.15, 0.2) is 0 Å². The highest BCUT2D eigenvalue weighted by molar-refractivity contribution is 5.85. The minimum absolute atomic E-state index is 0. The van der Waals surface area contributed by atoms with E-state index in [1.54, 1.807) is 0 Å². The molecule has 1 amide bonds. The van der Waals surface area contributed by atoms with Crippen molar-refractivity contribution in [1.82, 2.24) is 10.6 Å². The molecule has 0 aromatic heterocycles. The third-order valence-corrected chi connectivity index (χ3v) is 2.51. The molecule has 0 unspecified atom stereocenters. The van der Waals surface area contributed by atoms with Crippen LogP contribution in [0.5, 0.6) is 0 Å². The molecule has 0 aromatic rings. The number of carbonyl (C=O) groups is 1. The van der Waals surface area contributed by atoms with E-state index >= 15 is 0 Å². The number of halogens is 1. The van der Waals surface area contributed by atoms with Crippen LogP contribution in [0.2, 0.25) is 0 Å². The molecule has 1 fully saturated rings. The number of hydrogen-bond donors (Lipinski definition) is 2. The first-order chi connectivity index (χ1) is 6.81. The average molecular weight is 251 g/mol. The van der Waals surface area contributed by atoms with Gasteiger partial charge in [0.15, 0.2) is 0 Å². The van der Waals surface area contributed by atoms with E-state index in [-0.39, 0.29) is 24.0 Å². The summed E-state index contributed by atoms with van der Waals surface area (Å²) < 4.78 is 5.24. The molecule has 0 atom stereocenters. The molecule has 5 heteroatoms. The van der Waals surface area contributed by atoms with Crippen molar-refractivity contribution >= 4 is 18.5 Å². The molecule has 1 saturated heterocycles. The van der Waals surface area contributed by atoms with Gasteiger partial charge >= 0.3 is 6.09 Å². The van der Waals surface area contributed by atoms with Gasteiger partial charge in [-0.1, -0.05) is 0 Å². The summed E-state index contributed by atoms with van der Waals surface area (Å²) in [4.78, 5) is 11.6. The minimum Gasteiger partial charge on any atom is -0.444 e. The molecule has 0 saturated carbocycles. The van der Waals surface area contributed by atoms with Gasteiger partial charge < -0.3 is 15.4 Å². The third kappa shape index (κ3) is 5.56. The molecule has 1 aliphatic heterocycles. The quantitative estimate of drug-likeness (QED) is 0.749. The fourth-order valence-electron chi connectivity index (χ4n) is 1.65. The summed E-state index contributed by atoms with van der Waals surface area (Å²) in [5, 5.41) is 6.22. The maximum atomic E-state index is 11.6. The Morgan fingerprint density at radius 2 is 1.81 bits per heavy atom. The predicted octanol–water partition coefficient (Wildman–Crippen LogP) is 2.08. The number of amides is 1. The molecular formula is C11H23ClN2O2. The number of alkyl carbamates (subject to hydrolysis) is 1. The first-order valence-electron chi connectivity index (χ1n) is 5.53. The molecule has 1 rings (SSSR count). The second-order valence-electron chi connectivity index (χ2n) is 5.44. The van der Waals surface area contributed by atoms with Gasteiger partial charge in [0.05, 0.1) is 0 Å². The van der Waals surface area contributed by atoms with Gasteiger partial charge in [0.25, 0.3) is 0 Å². The van der Waals surface area contributed by atoms with E-state index in [0.717, 1.165) is 25.9 Å².